The summed E-state index contributed by atoms with van der Waals surface area (Å²) in [7, 11) is 0. The fraction of sp³-hybridized carbons (Fsp3) is 0.0769. The van der Waals surface area contributed by atoms with Gasteiger partial charge in [-0.1, -0.05) is 30.3 Å². The third-order valence-corrected chi connectivity index (χ3v) is 2.50. The fourth-order valence-corrected chi connectivity index (χ4v) is 1.57. The van der Waals surface area contributed by atoms with E-state index in [0.717, 1.165) is 5.56 Å². The second-order valence-electron chi connectivity index (χ2n) is 3.80. The van der Waals surface area contributed by atoms with Crippen molar-refractivity contribution in [2.24, 2.45) is 0 Å². The van der Waals surface area contributed by atoms with Crippen LogP contribution in [0.25, 0.3) is 0 Å². The Labute approximate surface area is 109 Å². The van der Waals surface area contributed by atoms with Crippen molar-refractivity contribution in [3.63, 3.8) is 0 Å². The summed E-state index contributed by atoms with van der Waals surface area (Å²) in [6, 6.07) is 12.5. The lowest BCUT2D eigenvalue weighted by Crippen LogP contribution is -2.05. The first-order valence-electron chi connectivity index (χ1n) is 5.53. The Kier molecular flexibility index (Phi) is 3.69. The maximum atomic E-state index is 10.9. The predicted molar refractivity (Wildman–Crippen MR) is 69.4 cm³/mol. The Morgan fingerprint density at radius 3 is 2.74 bits per heavy atom. The Hall–Kier alpha value is -2.94. The summed E-state index contributed by atoms with van der Waals surface area (Å²) >= 11 is 0. The van der Waals surface area contributed by atoms with Gasteiger partial charge in [-0.2, -0.15) is 5.26 Å². The molecule has 6 nitrogen and oxygen atoms in total. The van der Waals surface area contributed by atoms with Gasteiger partial charge in [-0.15, -0.1) is 0 Å². The fourth-order valence-electron chi connectivity index (χ4n) is 1.57. The SMILES string of the molecule is N#Cc1cnc(NCc2ccccc2)c([N+](=O)[O-])c1. The molecule has 1 heterocycles. The van der Waals surface area contributed by atoms with Crippen molar-refractivity contribution in [1.82, 2.24) is 4.98 Å². The van der Waals surface area contributed by atoms with Crippen molar-refractivity contribution in [2.45, 2.75) is 6.54 Å². The van der Waals surface area contributed by atoms with Crippen LogP contribution in [0.5, 0.6) is 0 Å². The van der Waals surface area contributed by atoms with Crippen LogP contribution in [0.3, 0.4) is 0 Å². The van der Waals surface area contributed by atoms with E-state index in [9.17, 15) is 10.1 Å². The smallest absolute Gasteiger partial charge is 0.312 e. The van der Waals surface area contributed by atoms with Gasteiger partial charge in [-0.25, -0.2) is 4.98 Å². The molecule has 0 bridgehead atoms. The first-order valence-corrected chi connectivity index (χ1v) is 5.53. The number of nitrogens with zero attached hydrogens (tertiary/aromatic N) is 3. The van der Waals surface area contributed by atoms with Gasteiger partial charge in [-0.3, -0.25) is 10.1 Å². The number of aromatic nitrogens is 1. The Bertz CT molecular complexity index is 635. The lowest BCUT2D eigenvalue weighted by Gasteiger charge is -2.06. The molecule has 0 saturated carbocycles. The molecule has 0 amide bonds. The van der Waals surface area contributed by atoms with Gasteiger partial charge in [0.05, 0.1) is 10.5 Å². The van der Waals surface area contributed by atoms with Gasteiger partial charge in [0.15, 0.2) is 0 Å². The number of anilines is 1. The second kappa shape index (κ2) is 5.60. The minimum atomic E-state index is -0.554. The Morgan fingerprint density at radius 2 is 2.11 bits per heavy atom. The van der Waals surface area contributed by atoms with Crippen molar-refractivity contribution in [1.29, 1.82) is 5.26 Å². The van der Waals surface area contributed by atoms with Crippen LogP contribution >= 0.6 is 0 Å². The van der Waals surface area contributed by atoms with Crippen molar-refractivity contribution in [3.8, 4) is 6.07 Å². The number of nitrogens with one attached hydrogen (secondary N) is 1. The van der Waals surface area contributed by atoms with Gasteiger partial charge >= 0.3 is 5.69 Å². The molecule has 0 saturated heterocycles. The van der Waals surface area contributed by atoms with E-state index in [1.165, 1.54) is 12.3 Å². The molecule has 0 aliphatic rings. The van der Waals surface area contributed by atoms with E-state index in [1.54, 1.807) is 0 Å². The first-order chi connectivity index (χ1) is 9.20. The molecule has 0 fully saturated rings. The molecule has 0 unspecified atom stereocenters. The molecule has 1 aromatic heterocycles. The lowest BCUT2D eigenvalue weighted by atomic mass is 10.2. The van der Waals surface area contributed by atoms with E-state index in [-0.39, 0.29) is 17.1 Å². The van der Waals surface area contributed by atoms with Gasteiger partial charge < -0.3 is 5.32 Å². The highest BCUT2D eigenvalue weighted by atomic mass is 16.6. The van der Waals surface area contributed by atoms with Crippen LogP contribution in [0.15, 0.2) is 42.6 Å². The topological polar surface area (TPSA) is 91.8 Å². The van der Waals surface area contributed by atoms with E-state index in [4.69, 9.17) is 5.26 Å². The van der Waals surface area contributed by atoms with Crippen LogP contribution in [0.4, 0.5) is 11.5 Å². The minimum absolute atomic E-state index is 0.160. The Morgan fingerprint density at radius 1 is 1.37 bits per heavy atom. The van der Waals surface area contributed by atoms with E-state index < -0.39 is 4.92 Å². The normalized spacial score (nSPS) is 9.63. The van der Waals surface area contributed by atoms with E-state index in [0.29, 0.717) is 6.54 Å². The molecule has 0 aliphatic carbocycles. The molecule has 1 aromatic carbocycles. The quantitative estimate of drug-likeness (QED) is 0.668. The number of rotatable bonds is 4. The Balaban J connectivity index is 2.21. The summed E-state index contributed by atoms with van der Waals surface area (Å²) in [5.41, 5.74) is 0.954. The monoisotopic (exact) mass is 254 g/mol. The van der Waals surface area contributed by atoms with Crippen LogP contribution < -0.4 is 5.32 Å². The number of benzene rings is 1. The number of hydrogen-bond acceptors (Lipinski definition) is 5. The van der Waals surface area contributed by atoms with Crippen LogP contribution in [0.1, 0.15) is 11.1 Å². The van der Waals surface area contributed by atoms with Gasteiger partial charge in [0.25, 0.3) is 0 Å². The van der Waals surface area contributed by atoms with E-state index in [2.05, 4.69) is 10.3 Å². The van der Waals surface area contributed by atoms with Crippen molar-refractivity contribution >= 4 is 11.5 Å². The third kappa shape index (κ3) is 3.04. The van der Waals surface area contributed by atoms with Gasteiger partial charge in [0, 0.05) is 18.8 Å². The highest BCUT2D eigenvalue weighted by Crippen LogP contribution is 2.22. The number of pyridine rings is 1. The first kappa shape index (κ1) is 12.5. The predicted octanol–water partition coefficient (Wildman–Crippen LogP) is 2.47. The third-order valence-electron chi connectivity index (χ3n) is 2.50. The van der Waals surface area contributed by atoms with Gasteiger partial charge in [0.1, 0.15) is 6.07 Å². The van der Waals surface area contributed by atoms with Crippen LogP contribution in [-0.4, -0.2) is 9.91 Å². The largest absolute Gasteiger partial charge is 0.360 e. The zero-order chi connectivity index (χ0) is 13.7. The summed E-state index contributed by atoms with van der Waals surface area (Å²) in [6.45, 7) is 0.431. The standard InChI is InChI=1S/C13H10N4O2/c14-7-11-6-12(17(18)19)13(16-9-11)15-8-10-4-2-1-3-5-10/h1-6,9H,8H2,(H,15,16). The van der Waals surface area contributed by atoms with E-state index >= 15 is 0 Å². The highest BCUT2D eigenvalue weighted by molar-refractivity contribution is 5.58. The molecule has 2 rings (SSSR count). The molecule has 19 heavy (non-hydrogen) atoms. The molecule has 0 spiro atoms. The molecule has 0 radical (unpaired) electrons. The highest BCUT2D eigenvalue weighted by Gasteiger charge is 2.15. The maximum Gasteiger partial charge on any atom is 0.312 e. The minimum Gasteiger partial charge on any atom is -0.360 e. The summed E-state index contributed by atoms with van der Waals surface area (Å²) in [5, 5.41) is 22.5. The van der Waals surface area contributed by atoms with Crippen molar-refractivity contribution < 1.29 is 4.92 Å². The second-order valence-corrected chi connectivity index (χ2v) is 3.80. The molecule has 94 valence electrons. The van der Waals surface area contributed by atoms with Gasteiger partial charge in [-0.05, 0) is 5.56 Å². The van der Waals surface area contributed by atoms with Crippen LogP contribution in [0, 0.1) is 21.4 Å². The summed E-state index contributed by atoms with van der Waals surface area (Å²) in [4.78, 5) is 14.3. The molecule has 0 atom stereocenters. The summed E-state index contributed by atoms with van der Waals surface area (Å²) < 4.78 is 0. The number of hydrogen-bond donors (Lipinski definition) is 1. The van der Waals surface area contributed by atoms with E-state index in [1.807, 2.05) is 36.4 Å². The average molecular weight is 254 g/mol. The zero-order valence-corrected chi connectivity index (χ0v) is 9.91. The molecule has 1 N–H and O–H groups in total. The summed E-state index contributed by atoms with van der Waals surface area (Å²) in [6.07, 6.45) is 1.31. The zero-order valence-electron chi connectivity index (χ0n) is 9.91. The average Bonchev–Trinajstić information content (AvgIpc) is 2.46. The molecular weight excluding hydrogens is 244 g/mol. The van der Waals surface area contributed by atoms with Crippen LogP contribution in [0.2, 0.25) is 0 Å². The van der Waals surface area contributed by atoms with Crippen molar-refractivity contribution in [3.05, 3.63) is 63.8 Å². The number of nitro groups is 1. The van der Waals surface area contributed by atoms with Crippen LogP contribution in [-0.2, 0) is 6.54 Å². The van der Waals surface area contributed by atoms with Crippen molar-refractivity contribution in [2.75, 3.05) is 5.32 Å². The molecule has 2 aromatic rings. The molecule has 6 heteroatoms. The van der Waals surface area contributed by atoms with Gasteiger partial charge in [0.2, 0.25) is 5.82 Å². The summed E-state index contributed by atoms with van der Waals surface area (Å²) in [5.74, 6) is 0.160. The number of nitriles is 1. The maximum absolute atomic E-state index is 10.9. The molecule has 0 aliphatic heterocycles. The lowest BCUT2D eigenvalue weighted by molar-refractivity contribution is -0.384. The molecular formula is C13H10N4O2.